The minimum Gasteiger partial charge on any atom is -0.381 e. The Balaban J connectivity index is 2.22. The van der Waals surface area contributed by atoms with Crippen LogP contribution in [0.2, 0.25) is 0 Å². The molecule has 0 unspecified atom stereocenters. The van der Waals surface area contributed by atoms with Crippen LogP contribution in [0.3, 0.4) is 0 Å². The Hall–Kier alpha value is -0.650. The Labute approximate surface area is 96.7 Å². The molecule has 1 amide bonds. The average Bonchev–Trinajstić information content (AvgIpc) is 2.35. The van der Waals surface area contributed by atoms with Gasteiger partial charge in [-0.15, -0.1) is 0 Å². The second kappa shape index (κ2) is 6.83. The van der Waals surface area contributed by atoms with Gasteiger partial charge in [0.05, 0.1) is 12.7 Å². The summed E-state index contributed by atoms with van der Waals surface area (Å²) < 4.78 is 10.9. The van der Waals surface area contributed by atoms with Crippen molar-refractivity contribution < 1.29 is 14.3 Å². The minimum absolute atomic E-state index is 0.181. The lowest BCUT2D eigenvalue weighted by Gasteiger charge is -2.25. The van der Waals surface area contributed by atoms with Crippen LogP contribution >= 0.6 is 0 Å². The van der Waals surface area contributed by atoms with Gasteiger partial charge >= 0.3 is 0 Å². The van der Waals surface area contributed by atoms with Gasteiger partial charge in [-0.05, 0) is 25.7 Å². The van der Waals surface area contributed by atoms with Crippen molar-refractivity contribution in [1.82, 2.24) is 5.32 Å². The van der Waals surface area contributed by atoms with E-state index < -0.39 is 6.04 Å². The fraction of sp³-hybridized carbons (Fsp3) is 0.909. The molecule has 0 aliphatic carbocycles. The number of nitrogens with one attached hydrogen (secondary N) is 1. The molecule has 0 aromatic heterocycles. The second-order valence-electron chi connectivity index (χ2n) is 4.23. The number of amides is 1. The largest absolute Gasteiger partial charge is 0.381 e. The van der Waals surface area contributed by atoms with Gasteiger partial charge in [0.2, 0.25) is 5.91 Å². The summed E-state index contributed by atoms with van der Waals surface area (Å²) in [4.78, 5) is 11.3. The third-order valence-corrected chi connectivity index (χ3v) is 2.99. The van der Waals surface area contributed by atoms with Gasteiger partial charge in [-0.2, -0.15) is 0 Å². The molecule has 5 nitrogen and oxygen atoms in total. The monoisotopic (exact) mass is 230 g/mol. The van der Waals surface area contributed by atoms with Gasteiger partial charge < -0.3 is 20.5 Å². The summed E-state index contributed by atoms with van der Waals surface area (Å²) in [5.74, 6) is 0.354. The van der Waals surface area contributed by atoms with Crippen molar-refractivity contribution in [2.45, 2.75) is 31.9 Å². The first-order chi connectivity index (χ1) is 7.65. The Morgan fingerprint density at radius 1 is 1.56 bits per heavy atom. The summed E-state index contributed by atoms with van der Waals surface area (Å²) in [6, 6.07) is -0.593. The summed E-state index contributed by atoms with van der Waals surface area (Å²) in [7, 11) is 1.58. The SMILES string of the molecule is CNC(=O)[C@@H](N)[C@@H](C)OCC1CCOCC1. The molecule has 2 atom stereocenters. The number of carbonyl (C=O) groups excluding carboxylic acids is 1. The Morgan fingerprint density at radius 3 is 2.75 bits per heavy atom. The zero-order valence-electron chi connectivity index (χ0n) is 10.1. The number of likely N-dealkylation sites (N-methyl/N-ethyl adjacent to an activating group) is 1. The minimum atomic E-state index is -0.593. The van der Waals surface area contributed by atoms with E-state index in [0.717, 1.165) is 26.1 Å². The van der Waals surface area contributed by atoms with Crippen LogP contribution in [0.25, 0.3) is 0 Å². The van der Waals surface area contributed by atoms with E-state index >= 15 is 0 Å². The first kappa shape index (κ1) is 13.4. The predicted octanol–water partition coefficient (Wildman–Crippen LogP) is -0.109. The number of hydrogen-bond acceptors (Lipinski definition) is 4. The average molecular weight is 230 g/mol. The molecular weight excluding hydrogens is 208 g/mol. The molecule has 1 rings (SSSR count). The number of ether oxygens (including phenoxy) is 2. The Morgan fingerprint density at radius 2 is 2.19 bits per heavy atom. The predicted molar refractivity (Wildman–Crippen MR) is 61.0 cm³/mol. The molecule has 1 aliphatic heterocycles. The maximum absolute atomic E-state index is 11.3. The van der Waals surface area contributed by atoms with Crippen LogP contribution in [-0.2, 0) is 14.3 Å². The Kier molecular flexibility index (Phi) is 5.73. The standard InChI is InChI=1S/C11H22N2O3/c1-8(10(12)11(14)13-2)16-7-9-3-5-15-6-4-9/h8-10H,3-7,12H2,1-2H3,(H,13,14)/t8-,10+/m1/s1. The molecule has 16 heavy (non-hydrogen) atoms. The van der Waals surface area contributed by atoms with E-state index in [9.17, 15) is 4.79 Å². The maximum atomic E-state index is 11.3. The van der Waals surface area contributed by atoms with E-state index in [1.165, 1.54) is 0 Å². The van der Waals surface area contributed by atoms with Crippen molar-refractivity contribution in [2.75, 3.05) is 26.9 Å². The quantitative estimate of drug-likeness (QED) is 0.691. The highest BCUT2D eigenvalue weighted by Crippen LogP contribution is 2.15. The van der Waals surface area contributed by atoms with Crippen LogP contribution in [0, 0.1) is 5.92 Å². The van der Waals surface area contributed by atoms with E-state index in [1.807, 2.05) is 6.92 Å². The molecule has 5 heteroatoms. The summed E-state index contributed by atoms with van der Waals surface area (Å²) in [5, 5.41) is 2.52. The molecule has 94 valence electrons. The zero-order valence-corrected chi connectivity index (χ0v) is 10.1. The van der Waals surface area contributed by atoms with E-state index in [0.29, 0.717) is 12.5 Å². The molecule has 0 bridgehead atoms. The first-order valence-corrected chi connectivity index (χ1v) is 5.81. The van der Waals surface area contributed by atoms with Crippen molar-refractivity contribution in [3.63, 3.8) is 0 Å². The summed E-state index contributed by atoms with van der Waals surface area (Å²) in [6.45, 7) is 4.11. The molecule has 1 saturated heterocycles. The van der Waals surface area contributed by atoms with Crippen LogP contribution < -0.4 is 11.1 Å². The lowest BCUT2D eigenvalue weighted by molar-refractivity contribution is -0.125. The zero-order chi connectivity index (χ0) is 12.0. The molecule has 0 aromatic rings. The van der Waals surface area contributed by atoms with Crippen LogP contribution in [0.15, 0.2) is 0 Å². The molecule has 0 spiro atoms. The van der Waals surface area contributed by atoms with Gasteiger partial charge in [-0.1, -0.05) is 0 Å². The van der Waals surface area contributed by atoms with Crippen LogP contribution in [0.4, 0.5) is 0 Å². The number of hydrogen-bond donors (Lipinski definition) is 2. The van der Waals surface area contributed by atoms with Gasteiger partial charge in [0.1, 0.15) is 6.04 Å². The van der Waals surface area contributed by atoms with E-state index in [4.69, 9.17) is 15.2 Å². The molecule has 0 saturated carbocycles. The highest BCUT2D eigenvalue weighted by Gasteiger charge is 2.22. The van der Waals surface area contributed by atoms with Crippen molar-refractivity contribution in [2.24, 2.45) is 11.7 Å². The lowest BCUT2D eigenvalue weighted by atomic mass is 10.0. The number of carbonyl (C=O) groups is 1. The number of nitrogens with two attached hydrogens (primary N) is 1. The normalized spacial score (nSPS) is 21.4. The third-order valence-electron chi connectivity index (χ3n) is 2.99. The summed E-state index contributed by atoms with van der Waals surface area (Å²) in [5.41, 5.74) is 5.73. The molecule has 1 fully saturated rings. The lowest BCUT2D eigenvalue weighted by Crippen LogP contribution is -2.47. The molecule has 3 N–H and O–H groups in total. The number of rotatable bonds is 5. The van der Waals surface area contributed by atoms with E-state index in [1.54, 1.807) is 7.05 Å². The Bertz CT molecular complexity index is 217. The maximum Gasteiger partial charge on any atom is 0.239 e. The fourth-order valence-electron chi connectivity index (χ4n) is 1.68. The van der Waals surface area contributed by atoms with Gasteiger partial charge in [0.25, 0.3) is 0 Å². The van der Waals surface area contributed by atoms with E-state index in [2.05, 4.69) is 5.32 Å². The summed E-state index contributed by atoms with van der Waals surface area (Å²) in [6.07, 6.45) is 1.81. The van der Waals surface area contributed by atoms with Crippen molar-refractivity contribution in [1.29, 1.82) is 0 Å². The van der Waals surface area contributed by atoms with Gasteiger partial charge in [-0.3, -0.25) is 4.79 Å². The van der Waals surface area contributed by atoms with Crippen LogP contribution in [-0.4, -0.2) is 44.9 Å². The van der Waals surface area contributed by atoms with E-state index in [-0.39, 0.29) is 12.0 Å². The van der Waals surface area contributed by atoms with Gasteiger partial charge in [0.15, 0.2) is 0 Å². The van der Waals surface area contributed by atoms with Crippen molar-refractivity contribution >= 4 is 5.91 Å². The van der Waals surface area contributed by atoms with Crippen LogP contribution in [0.1, 0.15) is 19.8 Å². The molecular formula is C11H22N2O3. The highest BCUT2D eigenvalue weighted by molar-refractivity contribution is 5.81. The van der Waals surface area contributed by atoms with Gasteiger partial charge in [0, 0.05) is 20.3 Å². The highest BCUT2D eigenvalue weighted by atomic mass is 16.5. The molecule has 1 heterocycles. The fourth-order valence-corrected chi connectivity index (χ4v) is 1.68. The van der Waals surface area contributed by atoms with Crippen LogP contribution in [0.5, 0.6) is 0 Å². The molecule has 0 radical (unpaired) electrons. The van der Waals surface area contributed by atoms with Gasteiger partial charge in [-0.25, -0.2) is 0 Å². The smallest absolute Gasteiger partial charge is 0.239 e. The third kappa shape index (κ3) is 4.08. The topological polar surface area (TPSA) is 73.6 Å². The summed E-state index contributed by atoms with van der Waals surface area (Å²) >= 11 is 0. The van der Waals surface area contributed by atoms with Crippen molar-refractivity contribution in [3.8, 4) is 0 Å². The van der Waals surface area contributed by atoms with Crippen molar-refractivity contribution in [3.05, 3.63) is 0 Å². The molecule has 1 aliphatic rings. The second-order valence-corrected chi connectivity index (χ2v) is 4.23. The molecule has 0 aromatic carbocycles. The first-order valence-electron chi connectivity index (χ1n) is 5.81.